The maximum Gasteiger partial charge on any atom is 0.243 e. The molecule has 1 heterocycles. The Hall–Kier alpha value is -2.83. The van der Waals surface area contributed by atoms with E-state index in [4.69, 9.17) is 5.21 Å². The van der Waals surface area contributed by atoms with Gasteiger partial charge in [0.25, 0.3) is 0 Å². The fraction of sp³-hybridized carbons (Fsp3) is 0.190. The predicted octanol–water partition coefficient (Wildman–Crippen LogP) is 2.90. The van der Waals surface area contributed by atoms with Crippen LogP contribution in [0.4, 0.5) is 13.2 Å². The highest BCUT2D eigenvalue weighted by Crippen LogP contribution is 2.23. The minimum atomic E-state index is -4.40. The van der Waals surface area contributed by atoms with E-state index < -0.39 is 45.1 Å². The monoisotopic (exact) mass is 467 g/mol. The van der Waals surface area contributed by atoms with Gasteiger partial charge < -0.3 is 10.3 Å². The number of aliphatic hydroxyl groups excluding tert-OH is 1. The molecule has 0 aliphatic heterocycles. The van der Waals surface area contributed by atoms with Crippen molar-refractivity contribution in [3.8, 4) is 0 Å². The van der Waals surface area contributed by atoms with Gasteiger partial charge in [0.15, 0.2) is 6.23 Å². The van der Waals surface area contributed by atoms with Crippen LogP contribution in [0.1, 0.15) is 22.9 Å². The number of pyridine rings is 1. The number of rotatable bonds is 9. The molecule has 7 nitrogen and oxygen atoms in total. The molecular formula is C21H20F3N3O4S. The summed E-state index contributed by atoms with van der Waals surface area (Å²) in [4.78, 5) is 3.36. The van der Waals surface area contributed by atoms with E-state index in [0.717, 1.165) is 10.4 Å². The molecule has 0 amide bonds. The van der Waals surface area contributed by atoms with E-state index >= 15 is 0 Å². The first-order valence-electron chi connectivity index (χ1n) is 9.42. The Balaban J connectivity index is 1.95. The zero-order chi connectivity index (χ0) is 23.3. The summed E-state index contributed by atoms with van der Waals surface area (Å²) in [7, 11) is -4.40. The molecule has 0 bridgehead atoms. The number of aliphatic hydroxyl groups is 1. The molecule has 1 unspecified atom stereocenters. The largest absolute Gasteiger partial charge is 0.372 e. The number of hydrogen-bond donors (Lipinski definition) is 3. The van der Waals surface area contributed by atoms with Gasteiger partial charge in [-0.25, -0.2) is 21.6 Å². The van der Waals surface area contributed by atoms with Crippen LogP contribution in [0.5, 0.6) is 0 Å². The normalized spacial score (nSPS) is 12.8. The Labute approximate surface area is 182 Å². The van der Waals surface area contributed by atoms with Crippen molar-refractivity contribution in [1.29, 1.82) is 0 Å². The van der Waals surface area contributed by atoms with Gasteiger partial charge in [-0.05, 0) is 36.2 Å². The van der Waals surface area contributed by atoms with Crippen molar-refractivity contribution in [2.45, 2.75) is 24.1 Å². The number of hydroxylamine groups is 1. The summed E-state index contributed by atoms with van der Waals surface area (Å²) < 4.78 is 69.2. The first-order chi connectivity index (χ1) is 15.2. The summed E-state index contributed by atoms with van der Waals surface area (Å²) in [5.41, 5.74) is 2.27. The van der Waals surface area contributed by atoms with Crippen LogP contribution in [0.2, 0.25) is 0 Å². The molecule has 2 aromatic carbocycles. The van der Waals surface area contributed by atoms with Gasteiger partial charge in [-0.2, -0.15) is 9.79 Å². The lowest BCUT2D eigenvalue weighted by Crippen LogP contribution is -2.33. The van der Waals surface area contributed by atoms with Crippen molar-refractivity contribution in [3.05, 3.63) is 95.1 Å². The molecule has 3 rings (SSSR count). The van der Waals surface area contributed by atoms with Gasteiger partial charge in [-0.1, -0.05) is 18.2 Å². The van der Waals surface area contributed by atoms with Crippen molar-refractivity contribution < 1.29 is 31.9 Å². The molecule has 3 aromatic rings. The average Bonchev–Trinajstić information content (AvgIpc) is 2.76. The Morgan fingerprint density at radius 3 is 2.38 bits per heavy atom. The molecule has 0 aliphatic rings. The lowest BCUT2D eigenvalue weighted by molar-refractivity contribution is 0.000523. The predicted molar refractivity (Wildman–Crippen MR) is 108 cm³/mol. The van der Waals surface area contributed by atoms with Crippen LogP contribution < -0.4 is 5.48 Å². The quantitative estimate of drug-likeness (QED) is 0.330. The summed E-state index contributed by atoms with van der Waals surface area (Å²) in [5.74, 6) is -2.95. The number of nitrogens with zero attached hydrogens (tertiary/aromatic N) is 2. The summed E-state index contributed by atoms with van der Waals surface area (Å²) >= 11 is 0. The van der Waals surface area contributed by atoms with Crippen LogP contribution in [0.15, 0.2) is 65.8 Å². The topological polar surface area (TPSA) is 103 Å². The fourth-order valence-corrected chi connectivity index (χ4v) is 4.50. The Kier molecular flexibility index (Phi) is 7.59. The third-order valence-electron chi connectivity index (χ3n) is 4.71. The second-order valence-electron chi connectivity index (χ2n) is 6.94. The van der Waals surface area contributed by atoms with Gasteiger partial charge in [0.2, 0.25) is 10.0 Å². The van der Waals surface area contributed by atoms with Crippen molar-refractivity contribution >= 4 is 10.0 Å². The summed E-state index contributed by atoms with van der Waals surface area (Å²) in [6, 6.07) is 8.85. The molecular weight excluding hydrogens is 447 g/mol. The fourth-order valence-electron chi connectivity index (χ4n) is 3.04. The van der Waals surface area contributed by atoms with Gasteiger partial charge in [-0.15, -0.1) is 0 Å². The smallest absolute Gasteiger partial charge is 0.243 e. The van der Waals surface area contributed by atoms with E-state index in [0.29, 0.717) is 23.8 Å². The highest BCUT2D eigenvalue weighted by Gasteiger charge is 2.27. The first-order valence-corrected chi connectivity index (χ1v) is 10.9. The highest BCUT2D eigenvalue weighted by molar-refractivity contribution is 7.89. The van der Waals surface area contributed by atoms with E-state index in [9.17, 15) is 26.7 Å². The third kappa shape index (κ3) is 5.69. The third-order valence-corrected chi connectivity index (χ3v) is 6.53. The minimum Gasteiger partial charge on any atom is -0.372 e. The van der Waals surface area contributed by atoms with Crippen LogP contribution in [0.25, 0.3) is 0 Å². The number of aromatic nitrogens is 1. The van der Waals surface area contributed by atoms with Crippen LogP contribution in [0, 0.1) is 17.5 Å². The minimum absolute atomic E-state index is 0.0192. The zero-order valence-corrected chi connectivity index (χ0v) is 17.4. The second kappa shape index (κ2) is 10.2. The van der Waals surface area contributed by atoms with E-state index in [1.807, 2.05) is 0 Å². The summed E-state index contributed by atoms with van der Waals surface area (Å²) in [6.45, 7) is -0.552. The molecule has 0 saturated heterocycles. The number of halogens is 3. The number of benzene rings is 2. The average molecular weight is 467 g/mol. The number of sulfonamides is 1. The molecule has 170 valence electrons. The van der Waals surface area contributed by atoms with Gasteiger partial charge in [-0.3, -0.25) is 4.98 Å². The van der Waals surface area contributed by atoms with E-state index in [1.54, 1.807) is 30.0 Å². The van der Waals surface area contributed by atoms with Crippen molar-refractivity contribution in [2.75, 3.05) is 6.54 Å². The molecule has 1 atom stereocenters. The molecule has 0 saturated carbocycles. The van der Waals surface area contributed by atoms with Gasteiger partial charge in [0, 0.05) is 42.7 Å². The van der Waals surface area contributed by atoms with Crippen molar-refractivity contribution in [3.63, 3.8) is 0 Å². The van der Waals surface area contributed by atoms with Crippen LogP contribution in [0.3, 0.4) is 0 Å². The van der Waals surface area contributed by atoms with Crippen molar-refractivity contribution in [2.24, 2.45) is 0 Å². The standard InChI is InChI=1S/C21H20F3N3O4S/c22-17-9-18(23)11-19(10-17)32(30,31)27(7-5-14-2-1-6-25-12-14)13-16-4-3-15(8-20(16)24)21(28)26-29/h1-4,6,8-12,21,26,28-29H,5,7,13H2. The molecule has 11 heteroatoms. The summed E-state index contributed by atoms with van der Waals surface area (Å²) in [5, 5.41) is 18.3. The second-order valence-corrected chi connectivity index (χ2v) is 8.88. The van der Waals surface area contributed by atoms with Crippen molar-refractivity contribution in [1.82, 2.24) is 14.8 Å². The maximum atomic E-state index is 14.6. The lowest BCUT2D eigenvalue weighted by Gasteiger charge is -2.23. The van der Waals surface area contributed by atoms with Crippen LogP contribution in [-0.2, 0) is 23.0 Å². The maximum absolute atomic E-state index is 14.6. The first kappa shape index (κ1) is 23.8. The molecule has 0 radical (unpaired) electrons. The van der Waals surface area contributed by atoms with Crippen LogP contribution >= 0.6 is 0 Å². The molecule has 1 aromatic heterocycles. The number of nitrogens with one attached hydrogen (secondary N) is 1. The molecule has 0 spiro atoms. The molecule has 0 fully saturated rings. The van der Waals surface area contributed by atoms with E-state index in [-0.39, 0.29) is 24.1 Å². The lowest BCUT2D eigenvalue weighted by atomic mass is 10.1. The Morgan fingerprint density at radius 2 is 1.78 bits per heavy atom. The highest BCUT2D eigenvalue weighted by atomic mass is 32.2. The van der Waals surface area contributed by atoms with E-state index in [2.05, 4.69) is 4.98 Å². The Morgan fingerprint density at radius 1 is 1.06 bits per heavy atom. The Bertz CT molecular complexity index is 1160. The molecule has 3 N–H and O–H groups in total. The SMILES string of the molecule is O=S(=O)(c1cc(F)cc(F)c1)N(CCc1cccnc1)Cc1ccc(C(O)NO)cc1F. The van der Waals surface area contributed by atoms with Crippen LogP contribution in [-0.4, -0.2) is 34.6 Å². The van der Waals surface area contributed by atoms with Gasteiger partial charge >= 0.3 is 0 Å². The molecule has 32 heavy (non-hydrogen) atoms. The van der Waals surface area contributed by atoms with E-state index in [1.165, 1.54) is 12.1 Å². The number of hydrogen-bond acceptors (Lipinski definition) is 6. The summed E-state index contributed by atoms with van der Waals surface area (Å²) in [6.07, 6.45) is 1.79. The zero-order valence-electron chi connectivity index (χ0n) is 16.6. The van der Waals surface area contributed by atoms with Gasteiger partial charge in [0.05, 0.1) is 4.90 Å². The van der Waals surface area contributed by atoms with Gasteiger partial charge in [0.1, 0.15) is 17.5 Å². The molecule has 0 aliphatic carbocycles.